The van der Waals surface area contributed by atoms with E-state index < -0.39 is 0 Å². The van der Waals surface area contributed by atoms with Gasteiger partial charge in [-0.25, -0.2) is 0 Å². The van der Waals surface area contributed by atoms with E-state index in [1.807, 2.05) is 18.2 Å². The van der Waals surface area contributed by atoms with Gasteiger partial charge < -0.3 is 19.9 Å². The molecule has 1 aromatic rings. The van der Waals surface area contributed by atoms with Crippen LogP contribution < -0.4 is 15.2 Å². The highest BCUT2D eigenvalue weighted by atomic mass is 16.6. The lowest BCUT2D eigenvalue weighted by Gasteiger charge is -2.23. The van der Waals surface area contributed by atoms with Gasteiger partial charge in [-0.1, -0.05) is 25.3 Å². The summed E-state index contributed by atoms with van der Waals surface area (Å²) in [7, 11) is 0. The minimum absolute atomic E-state index is 0.107. The van der Waals surface area contributed by atoms with E-state index in [2.05, 4.69) is 0 Å². The molecule has 1 aromatic carbocycles. The van der Waals surface area contributed by atoms with Crippen molar-refractivity contribution < 1.29 is 14.2 Å². The maximum absolute atomic E-state index is 6.22. The van der Waals surface area contributed by atoms with Crippen molar-refractivity contribution in [2.24, 2.45) is 11.7 Å². The molecule has 1 aliphatic carbocycles. The highest BCUT2D eigenvalue weighted by Gasteiger charge is 2.16. The van der Waals surface area contributed by atoms with E-state index in [1.54, 1.807) is 0 Å². The normalized spacial score (nSPS) is 20.2. The second kappa shape index (κ2) is 7.14. The van der Waals surface area contributed by atoms with Crippen molar-refractivity contribution >= 4 is 0 Å². The molecule has 116 valence electrons. The van der Waals surface area contributed by atoms with Crippen molar-refractivity contribution in [2.75, 3.05) is 26.4 Å². The molecule has 21 heavy (non-hydrogen) atoms. The maximum Gasteiger partial charge on any atom is 0.161 e. The molecular weight excluding hydrogens is 266 g/mol. The summed E-state index contributed by atoms with van der Waals surface area (Å²) in [5.74, 6) is 2.33. The van der Waals surface area contributed by atoms with E-state index in [1.165, 1.54) is 32.1 Å². The molecule has 2 N–H and O–H groups in total. The summed E-state index contributed by atoms with van der Waals surface area (Å²) in [6.07, 6.45) is 6.69. The van der Waals surface area contributed by atoms with E-state index in [0.29, 0.717) is 19.8 Å². The molecule has 0 amide bonds. The van der Waals surface area contributed by atoms with E-state index >= 15 is 0 Å². The Morgan fingerprint density at radius 2 is 1.86 bits per heavy atom. The van der Waals surface area contributed by atoms with Crippen molar-refractivity contribution in [2.45, 2.75) is 38.1 Å². The van der Waals surface area contributed by atoms with Gasteiger partial charge in [0.1, 0.15) is 13.2 Å². The van der Waals surface area contributed by atoms with Crippen molar-refractivity contribution in [3.8, 4) is 11.5 Å². The number of hydrogen-bond acceptors (Lipinski definition) is 4. The first-order chi connectivity index (χ1) is 10.3. The first kappa shape index (κ1) is 14.7. The van der Waals surface area contributed by atoms with Crippen LogP contribution >= 0.6 is 0 Å². The Morgan fingerprint density at radius 1 is 1.10 bits per heavy atom. The monoisotopic (exact) mass is 291 g/mol. The summed E-state index contributed by atoms with van der Waals surface area (Å²) >= 11 is 0. The molecule has 0 saturated heterocycles. The Morgan fingerprint density at radius 3 is 2.67 bits per heavy atom. The van der Waals surface area contributed by atoms with Crippen LogP contribution in [0.5, 0.6) is 11.5 Å². The Balaban J connectivity index is 1.49. The van der Waals surface area contributed by atoms with Crippen molar-refractivity contribution in [3.05, 3.63) is 23.8 Å². The smallest absolute Gasteiger partial charge is 0.161 e. The fraction of sp³-hybridized carbons (Fsp3) is 0.647. The van der Waals surface area contributed by atoms with Gasteiger partial charge in [-0.3, -0.25) is 0 Å². The Hall–Kier alpha value is -1.26. The highest BCUT2D eigenvalue weighted by Crippen LogP contribution is 2.32. The quantitative estimate of drug-likeness (QED) is 0.906. The third-order valence-corrected chi connectivity index (χ3v) is 4.37. The molecule has 1 fully saturated rings. The molecule has 1 heterocycles. The summed E-state index contributed by atoms with van der Waals surface area (Å²) in [5, 5.41) is 0. The number of fused-ring (bicyclic) bond motifs is 1. The number of ether oxygens (including phenoxy) is 3. The summed E-state index contributed by atoms with van der Waals surface area (Å²) < 4.78 is 17.0. The maximum atomic E-state index is 6.22. The van der Waals surface area contributed by atoms with Gasteiger partial charge >= 0.3 is 0 Å². The largest absolute Gasteiger partial charge is 0.486 e. The lowest BCUT2D eigenvalue weighted by molar-refractivity contribution is 0.0758. The first-order valence-corrected chi connectivity index (χ1v) is 8.06. The molecule has 1 atom stereocenters. The van der Waals surface area contributed by atoms with Crippen LogP contribution in [0.4, 0.5) is 0 Å². The molecular formula is C17H25NO3. The molecule has 1 aliphatic heterocycles. The molecule has 0 bridgehead atoms. The predicted octanol–water partition coefficient (Wildman–Crippen LogP) is 3.05. The number of rotatable bonds is 5. The highest BCUT2D eigenvalue weighted by molar-refractivity contribution is 5.44. The van der Waals surface area contributed by atoms with Crippen LogP contribution in [0.3, 0.4) is 0 Å². The standard InChI is InChI=1S/C17H25NO3/c18-15(12-19-11-13-4-2-1-3-5-13)14-6-7-16-17(10-14)21-9-8-20-16/h6-7,10,13,15H,1-5,8-9,11-12,18H2. The minimum Gasteiger partial charge on any atom is -0.486 e. The summed E-state index contributed by atoms with van der Waals surface area (Å²) in [6, 6.07) is 5.81. The SMILES string of the molecule is NC(COCC1CCCCC1)c1ccc2c(c1)OCCO2. The van der Waals surface area contributed by atoms with Crippen LogP contribution in [-0.2, 0) is 4.74 Å². The Kier molecular flexibility index (Phi) is 4.99. The van der Waals surface area contributed by atoms with Gasteiger partial charge in [-0.15, -0.1) is 0 Å². The van der Waals surface area contributed by atoms with Crippen molar-refractivity contribution in [1.82, 2.24) is 0 Å². The predicted molar refractivity (Wildman–Crippen MR) is 81.8 cm³/mol. The number of nitrogens with two attached hydrogens (primary N) is 1. The fourth-order valence-electron chi connectivity index (χ4n) is 3.10. The molecule has 0 spiro atoms. The van der Waals surface area contributed by atoms with Crippen LogP contribution in [-0.4, -0.2) is 26.4 Å². The number of benzene rings is 1. The van der Waals surface area contributed by atoms with Gasteiger partial charge in [-0.05, 0) is 36.5 Å². The van der Waals surface area contributed by atoms with Crippen LogP contribution in [0, 0.1) is 5.92 Å². The topological polar surface area (TPSA) is 53.7 Å². The lowest BCUT2D eigenvalue weighted by atomic mass is 9.90. The van der Waals surface area contributed by atoms with E-state index in [4.69, 9.17) is 19.9 Å². The van der Waals surface area contributed by atoms with Gasteiger partial charge in [0, 0.05) is 6.61 Å². The molecule has 2 aliphatic rings. The van der Waals surface area contributed by atoms with Crippen LogP contribution in [0.25, 0.3) is 0 Å². The molecule has 1 unspecified atom stereocenters. The van der Waals surface area contributed by atoms with E-state index in [9.17, 15) is 0 Å². The summed E-state index contributed by atoms with van der Waals surface area (Å²) in [5.41, 5.74) is 7.27. The summed E-state index contributed by atoms with van der Waals surface area (Å²) in [6.45, 7) is 2.63. The lowest BCUT2D eigenvalue weighted by Crippen LogP contribution is -2.21. The fourth-order valence-corrected chi connectivity index (χ4v) is 3.10. The van der Waals surface area contributed by atoms with E-state index in [0.717, 1.165) is 29.6 Å². The molecule has 0 aromatic heterocycles. The van der Waals surface area contributed by atoms with Crippen LogP contribution in [0.15, 0.2) is 18.2 Å². The van der Waals surface area contributed by atoms with Gasteiger partial charge in [0.2, 0.25) is 0 Å². The zero-order chi connectivity index (χ0) is 14.5. The minimum atomic E-state index is -0.107. The molecule has 0 radical (unpaired) electrons. The van der Waals surface area contributed by atoms with E-state index in [-0.39, 0.29) is 6.04 Å². The molecule has 1 saturated carbocycles. The molecule has 3 rings (SSSR count). The average Bonchev–Trinajstić information content (AvgIpc) is 2.55. The van der Waals surface area contributed by atoms with Crippen molar-refractivity contribution in [3.63, 3.8) is 0 Å². The number of hydrogen-bond donors (Lipinski definition) is 1. The Labute approximate surface area is 126 Å². The van der Waals surface area contributed by atoms with Crippen molar-refractivity contribution in [1.29, 1.82) is 0 Å². The first-order valence-electron chi connectivity index (χ1n) is 8.06. The third kappa shape index (κ3) is 3.89. The zero-order valence-electron chi connectivity index (χ0n) is 12.6. The van der Waals surface area contributed by atoms with Gasteiger partial charge in [-0.2, -0.15) is 0 Å². The van der Waals surface area contributed by atoms with Gasteiger partial charge in [0.15, 0.2) is 11.5 Å². The van der Waals surface area contributed by atoms with Crippen LogP contribution in [0.2, 0.25) is 0 Å². The second-order valence-corrected chi connectivity index (χ2v) is 6.05. The third-order valence-electron chi connectivity index (χ3n) is 4.37. The zero-order valence-corrected chi connectivity index (χ0v) is 12.6. The van der Waals surface area contributed by atoms with Gasteiger partial charge in [0.25, 0.3) is 0 Å². The molecule has 4 heteroatoms. The van der Waals surface area contributed by atoms with Crippen LogP contribution in [0.1, 0.15) is 43.7 Å². The summed E-state index contributed by atoms with van der Waals surface area (Å²) in [4.78, 5) is 0. The average molecular weight is 291 g/mol. The Bertz CT molecular complexity index is 457. The molecule has 4 nitrogen and oxygen atoms in total. The second-order valence-electron chi connectivity index (χ2n) is 6.05. The van der Waals surface area contributed by atoms with Gasteiger partial charge in [0.05, 0.1) is 12.6 Å².